The lowest BCUT2D eigenvalue weighted by atomic mass is 9.90. The highest BCUT2D eigenvalue weighted by Gasteiger charge is 2.45. The first-order valence-corrected chi connectivity index (χ1v) is 8.66. The number of aliphatic carboxylic acids is 1. The Labute approximate surface area is 152 Å². The van der Waals surface area contributed by atoms with Gasteiger partial charge in [-0.3, -0.25) is 4.79 Å². The number of hydrogen-bond acceptors (Lipinski definition) is 4. The largest absolute Gasteiger partial charge is 0.478 e. The van der Waals surface area contributed by atoms with Gasteiger partial charge in [-0.25, -0.2) is 9.78 Å². The molecule has 0 unspecified atom stereocenters. The van der Waals surface area contributed by atoms with Crippen molar-refractivity contribution in [2.45, 2.75) is 38.3 Å². The van der Waals surface area contributed by atoms with E-state index in [2.05, 4.69) is 4.98 Å². The molecule has 1 aromatic heterocycles. The van der Waals surface area contributed by atoms with Crippen molar-refractivity contribution in [2.75, 3.05) is 13.1 Å². The summed E-state index contributed by atoms with van der Waals surface area (Å²) in [7, 11) is 0. The Morgan fingerprint density at radius 1 is 1.23 bits per heavy atom. The van der Waals surface area contributed by atoms with Gasteiger partial charge in [0, 0.05) is 38.3 Å². The molecule has 0 aliphatic carbocycles. The van der Waals surface area contributed by atoms with Crippen LogP contribution in [0, 0.1) is 6.92 Å². The first kappa shape index (κ1) is 18.0. The van der Waals surface area contributed by atoms with E-state index < -0.39 is 11.6 Å². The number of carbonyl (C=O) groups is 2. The standard InChI is InChI=1S/C19H23N3O4/c1-14-3-5-16(6-4-14)26-19(18(24)25)7-10-21(11-8-19)17(23)15(2)22-12-9-20-13-22/h3-6,9,12-13,15H,7-8,10-11H2,1-2H3,(H,24,25)/t15-/m1/s1. The predicted octanol–water partition coefficient (Wildman–Crippen LogP) is 2.28. The zero-order chi connectivity index (χ0) is 18.7. The monoisotopic (exact) mass is 357 g/mol. The molecular formula is C19H23N3O4. The Morgan fingerprint density at radius 2 is 1.88 bits per heavy atom. The molecule has 7 nitrogen and oxygen atoms in total. The van der Waals surface area contributed by atoms with Crippen LogP contribution >= 0.6 is 0 Å². The molecule has 7 heteroatoms. The predicted molar refractivity (Wildman–Crippen MR) is 94.9 cm³/mol. The number of hydrogen-bond donors (Lipinski definition) is 1. The Morgan fingerprint density at radius 3 is 2.42 bits per heavy atom. The van der Waals surface area contributed by atoms with Crippen molar-refractivity contribution < 1.29 is 19.4 Å². The SMILES string of the molecule is Cc1ccc(OC2(C(=O)O)CCN(C(=O)[C@@H](C)n3ccnc3)CC2)cc1. The highest BCUT2D eigenvalue weighted by molar-refractivity contribution is 5.82. The number of rotatable bonds is 5. The van der Waals surface area contributed by atoms with E-state index in [-0.39, 0.29) is 24.8 Å². The van der Waals surface area contributed by atoms with Crippen molar-refractivity contribution in [1.29, 1.82) is 0 Å². The summed E-state index contributed by atoms with van der Waals surface area (Å²) in [5.74, 6) is -0.505. The lowest BCUT2D eigenvalue weighted by Gasteiger charge is -2.39. The van der Waals surface area contributed by atoms with E-state index in [0.717, 1.165) is 5.56 Å². The summed E-state index contributed by atoms with van der Waals surface area (Å²) < 4.78 is 7.61. The summed E-state index contributed by atoms with van der Waals surface area (Å²) in [5.41, 5.74) is -0.222. The number of likely N-dealkylation sites (tertiary alicyclic amines) is 1. The normalized spacial score (nSPS) is 17.5. The summed E-state index contributed by atoms with van der Waals surface area (Å²) >= 11 is 0. The van der Waals surface area contributed by atoms with Crippen molar-refractivity contribution >= 4 is 11.9 Å². The van der Waals surface area contributed by atoms with Gasteiger partial charge < -0.3 is 19.3 Å². The number of piperidine rings is 1. The molecule has 3 rings (SSSR count). The smallest absolute Gasteiger partial charge is 0.348 e. The van der Waals surface area contributed by atoms with Crippen LogP contribution in [0.2, 0.25) is 0 Å². The van der Waals surface area contributed by atoms with Crippen LogP contribution in [0.4, 0.5) is 0 Å². The molecule has 1 aromatic carbocycles. The first-order valence-electron chi connectivity index (χ1n) is 8.66. The lowest BCUT2D eigenvalue weighted by Crippen LogP contribution is -2.55. The Hall–Kier alpha value is -2.83. The maximum absolute atomic E-state index is 12.7. The van der Waals surface area contributed by atoms with Crippen molar-refractivity contribution in [3.8, 4) is 5.75 Å². The average molecular weight is 357 g/mol. The quantitative estimate of drug-likeness (QED) is 0.887. The molecule has 138 valence electrons. The molecule has 0 bridgehead atoms. The molecular weight excluding hydrogens is 334 g/mol. The number of benzene rings is 1. The summed E-state index contributed by atoms with van der Waals surface area (Å²) in [4.78, 5) is 30.2. The molecule has 0 saturated carbocycles. The van der Waals surface area contributed by atoms with Gasteiger partial charge in [0.15, 0.2) is 0 Å². The van der Waals surface area contributed by atoms with Crippen LogP contribution in [0.3, 0.4) is 0 Å². The van der Waals surface area contributed by atoms with E-state index in [1.165, 1.54) is 0 Å². The molecule has 2 aromatic rings. The fraction of sp³-hybridized carbons (Fsp3) is 0.421. The summed E-state index contributed by atoms with van der Waals surface area (Å²) in [6, 6.07) is 6.96. The van der Waals surface area contributed by atoms with Crippen LogP contribution in [0.1, 0.15) is 31.4 Å². The number of aryl methyl sites for hydroxylation is 1. The third-order valence-electron chi connectivity index (χ3n) is 4.94. The summed E-state index contributed by atoms with van der Waals surface area (Å²) in [6.07, 6.45) is 5.48. The lowest BCUT2D eigenvalue weighted by molar-refractivity contribution is -0.162. The zero-order valence-electron chi connectivity index (χ0n) is 15.0. The molecule has 1 N–H and O–H groups in total. The van der Waals surface area contributed by atoms with E-state index in [4.69, 9.17) is 4.74 Å². The minimum atomic E-state index is -1.30. The number of carboxylic acids is 1. The second-order valence-corrected chi connectivity index (χ2v) is 6.73. The van der Waals surface area contributed by atoms with E-state index >= 15 is 0 Å². The Bertz CT molecular complexity index is 763. The van der Waals surface area contributed by atoms with Crippen LogP contribution < -0.4 is 4.74 Å². The topological polar surface area (TPSA) is 84.7 Å². The number of imidazole rings is 1. The van der Waals surface area contributed by atoms with Crippen LogP contribution in [0.25, 0.3) is 0 Å². The van der Waals surface area contributed by atoms with Gasteiger partial charge in [-0.2, -0.15) is 0 Å². The molecule has 1 atom stereocenters. The molecule has 1 fully saturated rings. The first-order chi connectivity index (χ1) is 12.4. The van der Waals surface area contributed by atoms with Crippen molar-refractivity contribution in [1.82, 2.24) is 14.5 Å². The van der Waals surface area contributed by atoms with Crippen LogP contribution in [-0.2, 0) is 9.59 Å². The fourth-order valence-electron chi connectivity index (χ4n) is 3.17. The molecule has 0 radical (unpaired) electrons. The highest BCUT2D eigenvalue weighted by Crippen LogP contribution is 2.30. The molecule has 1 saturated heterocycles. The van der Waals surface area contributed by atoms with Gasteiger partial charge >= 0.3 is 5.97 Å². The Kier molecular flexibility index (Phi) is 4.97. The van der Waals surface area contributed by atoms with E-state index in [0.29, 0.717) is 18.8 Å². The number of ether oxygens (including phenoxy) is 1. The average Bonchev–Trinajstić information content (AvgIpc) is 3.17. The van der Waals surface area contributed by atoms with Crippen molar-refractivity contribution in [3.63, 3.8) is 0 Å². The number of amides is 1. The number of nitrogens with zero attached hydrogens (tertiary/aromatic N) is 3. The third-order valence-corrected chi connectivity index (χ3v) is 4.94. The minimum Gasteiger partial charge on any atom is -0.478 e. The number of aromatic nitrogens is 2. The third kappa shape index (κ3) is 3.56. The maximum atomic E-state index is 12.7. The van der Waals surface area contributed by atoms with Gasteiger partial charge in [0.05, 0.1) is 6.33 Å². The number of carboxylic acid groups (broad SMARTS) is 1. The van der Waals surface area contributed by atoms with E-state index in [1.807, 2.05) is 26.0 Å². The van der Waals surface area contributed by atoms with Crippen LogP contribution in [0.15, 0.2) is 43.0 Å². The van der Waals surface area contributed by atoms with Gasteiger partial charge in [-0.1, -0.05) is 17.7 Å². The molecule has 1 aliphatic rings. The molecule has 1 aliphatic heterocycles. The van der Waals surface area contributed by atoms with E-state index in [9.17, 15) is 14.7 Å². The van der Waals surface area contributed by atoms with E-state index in [1.54, 1.807) is 40.3 Å². The van der Waals surface area contributed by atoms with Gasteiger partial charge in [0.2, 0.25) is 11.5 Å². The minimum absolute atomic E-state index is 0.0441. The number of carbonyl (C=O) groups excluding carboxylic acids is 1. The zero-order valence-corrected chi connectivity index (χ0v) is 15.0. The Balaban J connectivity index is 1.68. The summed E-state index contributed by atoms with van der Waals surface area (Å²) in [5, 5.41) is 9.75. The maximum Gasteiger partial charge on any atom is 0.348 e. The fourth-order valence-corrected chi connectivity index (χ4v) is 3.17. The molecule has 2 heterocycles. The van der Waals surface area contributed by atoms with Gasteiger partial charge in [-0.15, -0.1) is 0 Å². The summed E-state index contributed by atoms with van der Waals surface area (Å²) in [6.45, 7) is 4.46. The molecule has 26 heavy (non-hydrogen) atoms. The second kappa shape index (κ2) is 7.19. The molecule has 1 amide bonds. The van der Waals surface area contributed by atoms with Crippen LogP contribution in [-0.4, -0.2) is 50.1 Å². The second-order valence-electron chi connectivity index (χ2n) is 6.73. The van der Waals surface area contributed by atoms with Crippen molar-refractivity contribution in [2.24, 2.45) is 0 Å². The molecule has 0 spiro atoms. The van der Waals surface area contributed by atoms with Gasteiger partial charge in [0.25, 0.3) is 0 Å². The van der Waals surface area contributed by atoms with Crippen LogP contribution in [0.5, 0.6) is 5.75 Å². The highest BCUT2D eigenvalue weighted by atomic mass is 16.5. The van der Waals surface area contributed by atoms with Gasteiger partial charge in [-0.05, 0) is 26.0 Å². The van der Waals surface area contributed by atoms with Crippen molar-refractivity contribution in [3.05, 3.63) is 48.5 Å². The van der Waals surface area contributed by atoms with Gasteiger partial charge in [0.1, 0.15) is 11.8 Å².